The molecule has 0 aromatic heterocycles. The van der Waals surface area contributed by atoms with Crippen molar-refractivity contribution in [1.29, 1.82) is 5.26 Å². The maximum atomic E-state index is 11.7. The smallest absolute Gasteiger partial charge is 0.236 e. The maximum absolute atomic E-state index is 11.7. The first-order valence-corrected chi connectivity index (χ1v) is 6.18. The molecule has 5 nitrogen and oxygen atoms in total. The topological polar surface area (TPSA) is 50.6 Å². The Balaban J connectivity index is 2.33. The standard InChI is InChI=1S/C12H22N4O/c1-4-14(3)12(17)10-15-5-7-16(8-6-15)11(2)9-13/h11H,4-8,10H2,1-3H3. The van der Waals surface area contributed by atoms with E-state index in [9.17, 15) is 4.79 Å². The molecule has 0 aromatic rings. The number of hydrogen-bond acceptors (Lipinski definition) is 4. The molecule has 1 amide bonds. The van der Waals surface area contributed by atoms with E-state index >= 15 is 0 Å². The fourth-order valence-electron chi connectivity index (χ4n) is 1.88. The number of amides is 1. The minimum Gasteiger partial charge on any atom is -0.345 e. The van der Waals surface area contributed by atoms with Gasteiger partial charge in [0.2, 0.25) is 5.91 Å². The van der Waals surface area contributed by atoms with Gasteiger partial charge in [-0.25, -0.2) is 0 Å². The fourth-order valence-corrected chi connectivity index (χ4v) is 1.88. The van der Waals surface area contributed by atoms with E-state index in [1.807, 2.05) is 20.9 Å². The van der Waals surface area contributed by atoms with Crippen molar-refractivity contribution in [1.82, 2.24) is 14.7 Å². The zero-order valence-corrected chi connectivity index (χ0v) is 11.0. The van der Waals surface area contributed by atoms with E-state index in [2.05, 4.69) is 15.9 Å². The van der Waals surface area contributed by atoms with E-state index in [-0.39, 0.29) is 11.9 Å². The van der Waals surface area contributed by atoms with Gasteiger partial charge in [-0.2, -0.15) is 5.26 Å². The molecule has 0 aliphatic carbocycles. The van der Waals surface area contributed by atoms with E-state index in [1.165, 1.54) is 0 Å². The summed E-state index contributed by atoms with van der Waals surface area (Å²) in [6.07, 6.45) is 0. The van der Waals surface area contributed by atoms with Crippen molar-refractivity contribution in [2.24, 2.45) is 0 Å². The van der Waals surface area contributed by atoms with Crippen molar-refractivity contribution in [2.75, 3.05) is 46.3 Å². The summed E-state index contributed by atoms with van der Waals surface area (Å²) in [6, 6.07) is 2.23. The molecule has 1 unspecified atom stereocenters. The molecule has 1 rings (SSSR count). The van der Waals surface area contributed by atoms with Gasteiger partial charge in [0.25, 0.3) is 0 Å². The van der Waals surface area contributed by atoms with E-state index in [1.54, 1.807) is 4.90 Å². The first kappa shape index (κ1) is 13.9. The molecular weight excluding hydrogens is 216 g/mol. The van der Waals surface area contributed by atoms with Gasteiger partial charge in [0, 0.05) is 39.8 Å². The van der Waals surface area contributed by atoms with Crippen LogP contribution in [0.3, 0.4) is 0 Å². The SMILES string of the molecule is CCN(C)C(=O)CN1CCN(C(C)C#N)CC1. The Kier molecular flexibility index (Phi) is 5.39. The first-order chi connectivity index (χ1) is 8.08. The number of carbonyl (C=O) groups excluding carboxylic acids is 1. The first-order valence-electron chi connectivity index (χ1n) is 6.18. The van der Waals surface area contributed by atoms with Crippen LogP contribution in [0.25, 0.3) is 0 Å². The Bertz CT molecular complexity index is 291. The number of rotatable bonds is 4. The third-order valence-corrected chi connectivity index (χ3v) is 3.40. The molecule has 96 valence electrons. The van der Waals surface area contributed by atoms with Crippen molar-refractivity contribution in [3.05, 3.63) is 0 Å². The Hall–Kier alpha value is -1.12. The summed E-state index contributed by atoms with van der Waals surface area (Å²) in [5.74, 6) is 0.175. The highest BCUT2D eigenvalue weighted by Crippen LogP contribution is 2.05. The summed E-state index contributed by atoms with van der Waals surface area (Å²) < 4.78 is 0. The quantitative estimate of drug-likeness (QED) is 0.691. The van der Waals surface area contributed by atoms with Crippen molar-refractivity contribution in [2.45, 2.75) is 19.9 Å². The summed E-state index contributed by atoms with van der Waals surface area (Å²) in [7, 11) is 1.83. The second kappa shape index (κ2) is 6.58. The molecule has 0 N–H and O–H groups in total. The molecule has 1 saturated heterocycles. The molecule has 0 aromatic carbocycles. The summed E-state index contributed by atoms with van der Waals surface area (Å²) in [5.41, 5.74) is 0. The van der Waals surface area contributed by atoms with Crippen LogP contribution in [0.5, 0.6) is 0 Å². The zero-order chi connectivity index (χ0) is 12.8. The Morgan fingerprint density at radius 2 is 2.00 bits per heavy atom. The van der Waals surface area contributed by atoms with Crippen LogP contribution in [0.4, 0.5) is 0 Å². The third kappa shape index (κ3) is 3.99. The lowest BCUT2D eigenvalue weighted by Gasteiger charge is -2.35. The van der Waals surface area contributed by atoms with Crippen LogP contribution >= 0.6 is 0 Å². The lowest BCUT2D eigenvalue weighted by Crippen LogP contribution is -2.51. The van der Waals surface area contributed by atoms with Gasteiger partial charge in [0.1, 0.15) is 0 Å². The molecule has 0 radical (unpaired) electrons. The van der Waals surface area contributed by atoms with Crippen LogP contribution in [0.2, 0.25) is 0 Å². The summed E-state index contributed by atoms with van der Waals surface area (Å²) in [4.78, 5) is 17.8. The zero-order valence-electron chi connectivity index (χ0n) is 11.0. The molecule has 5 heteroatoms. The number of piperazine rings is 1. The monoisotopic (exact) mass is 238 g/mol. The van der Waals surface area contributed by atoms with Gasteiger partial charge in [0.15, 0.2) is 0 Å². The van der Waals surface area contributed by atoms with Crippen LogP contribution in [0.15, 0.2) is 0 Å². The minimum absolute atomic E-state index is 0.0221. The maximum Gasteiger partial charge on any atom is 0.236 e. The van der Waals surface area contributed by atoms with Crippen molar-refractivity contribution < 1.29 is 4.79 Å². The number of hydrogen-bond donors (Lipinski definition) is 0. The van der Waals surface area contributed by atoms with Gasteiger partial charge in [-0.3, -0.25) is 14.6 Å². The summed E-state index contributed by atoms with van der Waals surface area (Å²) in [6.45, 7) is 8.64. The lowest BCUT2D eigenvalue weighted by molar-refractivity contribution is -0.131. The molecule has 1 fully saturated rings. The van der Waals surface area contributed by atoms with E-state index in [4.69, 9.17) is 5.26 Å². The van der Waals surface area contributed by atoms with E-state index < -0.39 is 0 Å². The Labute approximate surface area is 104 Å². The van der Waals surface area contributed by atoms with Crippen LogP contribution < -0.4 is 0 Å². The van der Waals surface area contributed by atoms with Crippen LogP contribution in [-0.4, -0.2) is 73.0 Å². The third-order valence-electron chi connectivity index (χ3n) is 3.40. The number of nitriles is 1. The molecule has 0 bridgehead atoms. The molecule has 0 saturated carbocycles. The highest BCUT2D eigenvalue weighted by atomic mass is 16.2. The molecular formula is C12H22N4O. The van der Waals surface area contributed by atoms with Crippen LogP contribution in [0.1, 0.15) is 13.8 Å². The van der Waals surface area contributed by atoms with Gasteiger partial charge in [-0.15, -0.1) is 0 Å². The normalized spacial score (nSPS) is 19.6. The fraction of sp³-hybridized carbons (Fsp3) is 0.833. The summed E-state index contributed by atoms with van der Waals surface area (Å²) in [5, 5.41) is 8.84. The largest absolute Gasteiger partial charge is 0.345 e. The molecule has 17 heavy (non-hydrogen) atoms. The van der Waals surface area contributed by atoms with Gasteiger partial charge in [-0.1, -0.05) is 0 Å². The number of likely N-dealkylation sites (N-methyl/N-ethyl adjacent to an activating group) is 1. The Morgan fingerprint density at radius 3 is 2.47 bits per heavy atom. The highest BCUT2D eigenvalue weighted by molar-refractivity contribution is 5.77. The molecule has 1 heterocycles. The van der Waals surface area contributed by atoms with E-state index in [0.717, 1.165) is 32.7 Å². The molecule has 1 aliphatic rings. The second-order valence-corrected chi connectivity index (χ2v) is 4.53. The number of carbonyl (C=O) groups is 1. The predicted octanol–water partition coefficient (Wildman–Crippen LogP) is -0.00562. The molecule has 1 atom stereocenters. The minimum atomic E-state index is -0.0221. The van der Waals surface area contributed by atoms with Crippen molar-refractivity contribution >= 4 is 5.91 Å². The Morgan fingerprint density at radius 1 is 1.41 bits per heavy atom. The van der Waals surface area contributed by atoms with Gasteiger partial charge in [-0.05, 0) is 13.8 Å². The van der Waals surface area contributed by atoms with Gasteiger partial charge >= 0.3 is 0 Å². The average Bonchev–Trinajstić information content (AvgIpc) is 2.37. The lowest BCUT2D eigenvalue weighted by atomic mass is 10.2. The van der Waals surface area contributed by atoms with Crippen LogP contribution in [-0.2, 0) is 4.79 Å². The highest BCUT2D eigenvalue weighted by Gasteiger charge is 2.22. The number of nitrogens with zero attached hydrogens (tertiary/aromatic N) is 4. The van der Waals surface area contributed by atoms with E-state index in [0.29, 0.717) is 6.54 Å². The van der Waals surface area contributed by atoms with Crippen LogP contribution in [0, 0.1) is 11.3 Å². The van der Waals surface area contributed by atoms with Gasteiger partial charge < -0.3 is 4.90 Å². The van der Waals surface area contributed by atoms with Crippen molar-refractivity contribution in [3.63, 3.8) is 0 Å². The average molecular weight is 238 g/mol. The molecule has 1 aliphatic heterocycles. The van der Waals surface area contributed by atoms with Crippen molar-refractivity contribution in [3.8, 4) is 6.07 Å². The van der Waals surface area contributed by atoms with Gasteiger partial charge in [0.05, 0.1) is 18.7 Å². The summed E-state index contributed by atoms with van der Waals surface area (Å²) >= 11 is 0. The predicted molar refractivity (Wildman–Crippen MR) is 66.4 cm³/mol. The second-order valence-electron chi connectivity index (χ2n) is 4.53. The molecule has 0 spiro atoms.